The van der Waals surface area contributed by atoms with Crippen LogP contribution in [0.4, 0.5) is 11.4 Å². The quantitative estimate of drug-likeness (QED) is 0.162. The molecule has 1 unspecified atom stereocenters. The zero-order valence-electron chi connectivity index (χ0n) is 32.0. The number of hydrogen-bond donors (Lipinski definition) is 3. The minimum atomic E-state index is -4.30. The summed E-state index contributed by atoms with van der Waals surface area (Å²) < 4.78 is 30.4. The van der Waals surface area contributed by atoms with Gasteiger partial charge < -0.3 is 16.2 Å². The standard InChI is InChI=1S/C42H57N5O6S/c1-29(2)33-8-4-5-9-34(33)35-11-7-23-46(35)32-26-41(27-32)21-24-45(25-22-41)42(19-15-31(16-20-42)39(43)48)54(52,53)37-12-6-10-36(47(50)51)38(37)44-28-30-13-17-40(3,49)18-14-30/h4-6,8-10,12,15-16,19,29-30,32,35,44,49H,7,11,13-14,17-18,20-28H2,1-3H3,(H2,43,48)/t30?,35-,40?,42?/m0/s1. The Hall–Kier alpha value is -3.58. The number of aliphatic hydroxyl groups is 1. The van der Waals surface area contributed by atoms with Crippen LogP contribution in [-0.4, -0.2) is 76.8 Å². The fraction of sp³-hybridized carbons (Fsp3) is 0.595. The number of piperidine rings is 1. The van der Waals surface area contributed by atoms with E-state index in [9.17, 15) is 20.0 Å². The van der Waals surface area contributed by atoms with Gasteiger partial charge in [0, 0.05) is 49.8 Å². The lowest BCUT2D eigenvalue weighted by Crippen LogP contribution is -2.60. The number of nitrogens with one attached hydrogen (secondary N) is 1. The van der Waals surface area contributed by atoms with Gasteiger partial charge in [-0.1, -0.05) is 56.3 Å². The van der Waals surface area contributed by atoms with Gasteiger partial charge in [-0.25, -0.2) is 8.42 Å². The molecular weight excluding hydrogens is 703 g/mol. The summed E-state index contributed by atoms with van der Waals surface area (Å²) in [5.74, 6) is -0.0251. The van der Waals surface area contributed by atoms with Crippen LogP contribution < -0.4 is 11.1 Å². The number of nitrogens with zero attached hydrogens (tertiary/aromatic N) is 3. The number of carbonyl (C=O) groups excluding carboxylic acids is 1. The van der Waals surface area contributed by atoms with Crippen LogP contribution >= 0.6 is 0 Å². The molecule has 0 aromatic heterocycles. The summed E-state index contributed by atoms with van der Waals surface area (Å²) >= 11 is 0. The zero-order chi connectivity index (χ0) is 38.5. The van der Waals surface area contributed by atoms with Gasteiger partial charge >= 0.3 is 0 Å². The van der Waals surface area contributed by atoms with Crippen molar-refractivity contribution in [2.24, 2.45) is 17.1 Å². The normalized spacial score (nSPS) is 29.2. The first-order valence-corrected chi connectivity index (χ1v) is 21.4. The number of para-hydroxylation sites is 1. The predicted molar refractivity (Wildman–Crippen MR) is 211 cm³/mol. The van der Waals surface area contributed by atoms with E-state index in [0.717, 1.165) is 45.1 Å². The molecule has 3 aliphatic carbocycles. The monoisotopic (exact) mass is 759 g/mol. The molecule has 292 valence electrons. The van der Waals surface area contributed by atoms with Crippen LogP contribution in [0.5, 0.6) is 0 Å². The Bertz CT molecular complexity index is 1920. The van der Waals surface area contributed by atoms with Gasteiger partial charge in [-0.15, -0.1) is 0 Å². The Morgan fingerprint density at radius 1 is 1.04 bits per heavy atom. The van der Waals surface area contributed by atoms with Gasteiger partial charge in [-0.3, -0.25) is 24.7 Å². The molecule has 1 amide bonds. The van der Waals surface area contributed by atoms with Gasteiger partial charge in [0.2, 0.25) is 15.7 Å². The molecule has 5 aliphatic rings. The van der Waals surface area contributed by atoms with Crippen LogP contribution in [0.2, 0.25) is 0 Å². The number of anilines is 1. The Morgan fingerprint density at radius 3 is 2.37 bits per heavy atom. The maximum absolute atomic E-state index is 15.2. The van der Waals surface area contributed by atoms with Gasteiger partial charge in [0.05, 0.1) is 15.4 Å². The molecule has 0 radical (unpaired) electrons. The van der Waals surface area contributed by atoms with E-state index in [2.05, 4.69) is 48.3 Å². The largest absolute Gasteiger partial charge is 0.390 e. The zero-order valence-corrected chi connectivity index (χ0v) is 32.8. The van der Waals surface area contributed by atoms with E-state index in [0.29, 0.717) is 50.5 Å². The van der Waals surface area contributed by atoms with Crippen molar-refractivity contribution in [1.29, 1.82) is 0 Å². The molecule has 0 bridgehead atoms. The Kier molecular flexibility index (Phi) is 10.6. The second-order valence-corrected chi connectivity index (χ2v) is 19.5. The fourth-order valence-corrected chi connectivity index (χ4v) is 12.4. The Morgan fingerprint density at radius 2 is 1.74 bits per heavy atom. The van der Waals surface area contributed by atoms with Gasteiger partial charge in [0.15, 0.2) is 4.87 Å². The van der Waals surface area contributed by atoms with Crippen LogP contribution in [0.15, 0.2) is 71.2 Å². The van der Waals surface area contributed by atoms with Crippen LogP contribution in [0, 0.1) is 21.4 Å². The molecule has 1 spiro atoms. The highest BCUT2D eigenvalue weighted by molar-refractivity contribution is 7.93. The lowest BCUT2D eigenvalue weighted by Gasteiger charge is -2.57. The van der Waals surface area contributed by atoms with Crippen molar-refractivity contribution < 1.29 is 23.2 Å². The minimum Gasteiger partial charge on any atom is -0.390 e. The molecule has 11 nitrogen and oxygen atoms in total. The van der Waals surface area contributed by atoms with Crippen LogP contribution in [0.25, 0.3) is 0 Å². The van der Waals surface area contributed by atoms with Crippen molar-refractivity contribution in [3.8, 4) is 0 Å². The van der Waals surface area contributed by atoms with E-state index in [4.69, 9.17) is 5.73 Å². The van der Waals surface area contributed by atoms with Crippen molar-refractivity contribution in [3.05, 3.63) is 87.5 Å². The molecule has 2 aromatic rings. The number of sulfone groups is 1. The van der Waals surface area contributed by atoms with Gasteiger partial charge in [-0.2, -0.15) is 0 Å². The highest BCUT2D eigenvalue weighted by Gasteiger charge is 2.55. The van der Waals surface area contributed by atoms with Crippen molar-refractivity contribution in [2.75, 3.05) is 31.5 Å². The number of carbonyl (C=O) groups is 1. The van der Waals surface area contributed by atoms with Crippen LogP contribution in [0.1, 0.15) is 114 Å². The number of amides is 1. The SMILES string of the molecule is CC(C)c1ccccc1[C@@H]1CCCN1C1CC2(CCN(C3(S(=O)(=O)c4cccc([N+](=O)[O-])c4NCC4CCC(C)(O)CC4)C=CC(C(N)=O)=CC3)CC2)C1. The Balaban J connectivity index is 1.12. The number of hydrogen-bond acceptors (Lipinski definition) is 9. The number of rotatable bonds is 11. The summed E-state index contributed by atoms with van der Waals surface area (Å²) in [6.07, 6.45) is 13.7. The molecule has 4 N–H and O–H groups in total. The third-order valence-corrected chi connectivity index (χ3v) is 16.0. The average Bonchev–Trinajstić information content (AvgIpc) is 3.62. The molecule has 7 rings (SSSR count). The number of nitro groups is 1. The highest BCUT2D eigenvalue weighted by Crippen LogP contribution is 2.55. The number of benzene rings is 2. The summed E-state index contributed by atoms with van der Waals surface area (Å²) in [6, 6.07) is 14.1. The lowest BCUT2D eigenvalue weighted by atomic mass is 9.59. The summed E-state index contributed by atoms with van der Waals surface area (Å²) in [4.78, 5) is 27.1. The molecule has 2 saturated carbocycles. The van der Waals surface area contributed by atoms with Gasteiger partial charge in [-0.05, 0) is 118 Å². The van der Waals surface area contributed by atoms with Crippen molar-refractivity contribution in [1.82, 2.24) is 9.80 Å². The third-order valence-electron chi connectivity index (χ3n) is 13.6. The Labute approximate surface area is 320 Å². The molecule has 2 aliphatic heterocycles. The second kappa shape index (κ2) is 14.8. The molecule has 2 heterocycles. The van der Waals surface area contributed by atoms with E-state index in [-0.39, 0.29) is 39.6 Å². The smallest absolute Gasteiger partial charge is 0.293 e. The molecule has 54 heavy (non-hydrogen) atoms. The van der Waals surface area contributed by atoms with Crippen molar-refractivity contribution in [3.63, 3.8) is 0 Å². The first kappa shape index (κ1) is 38.7. The minimum absolute atomic E-state index is 0.00426. The second-order valence-electron chi connectivity index (χ2n) is 17.4. The number of nitrogens with two attached hydrogens (primary N) is 1. The van der Waals surface area contributed by atoms with Gasteiger partial charge in [0.25, 0.3) is 5.69 Å². The molecule has 4 fully saturated rings. The topological polar surface area (TPSA) is 159 Å². The van der Waals surface area contributed by atoms with E-state index < -0.39 is 31.1 Å². The first-order chi connectivity index (χ1) is 25.7. The van der Waals surface area contributed by atoms with E-state index in [1.807, 2.05) is 11.8 Å². The molecule has 2 aromatic carbocycles. The number of nitro benzene ring substituents is 1. The van der Waals surface area contributed by atoms with E-state index in [1.165, 1.54) is 48.2 Å². The molecule has 2 atom stereocenters. The van der Waals surface area contributed by atoms with Crippen LogP contribution in [-0.2, 0) is 14.6 Å². The summed E-state index contributed by atoms with van der Waals surface area (Å²) in [5.41, 5.74) is 7.88. The maximum atomic E-state index is 15.2. The van der Waals surface area contributed by atoms with E-state index >= 15 is 8.42 Å². The third kappa shape index (κ3) is 7.15. The fourth-order valence-electron chi connectivity index (χ4n) is 10.3. The first-order valence-electron chi connectivity index (χ1n) is 19.9. The lowest BCUT2D eigenvalue weighted by molar-refractivity contribution is -0.384. The average molecular weight is 760 g/mol. The molecule has 2 saturated heterocycles. The number of likely N-dealkylation sites (tertiary alicyclic amines) is 2. The van der Waals surface area contributed by atoms with Crippen molar-refractivity contribution >= 4 is 27.1 Å². The predicted octanol–water partition coefficient (Wildman–Crippen LogP) is 6.99. The van der Waals surface area contributed by atoms with E-state index in [1.54, 1.807) is 12.2 Å². The summed E-state index contributed by atoms with van der Waals surface area (Å²) in [6.45, 7) is 8.91. The number of primary amides is 1. The van der Waals surface area contributed by atoms with Crippen LogP contribution in [0.3, 0.4) is 0 Å². The van der Waals surface area contributed by atoms with Gasteiger partial charge in [0.1, 0.15) is 5.69 Å². The molecular formula is C42H57N5O6S. The summed E-state index contributed by atoms with van der Waals surface area (Å²) in [5, 5.41) is 26.0. The summed E-state index contributed by atoms with van der Waals surface area (Å²) in [7, 11) is -4.30. The maximum Gasteiger partial charge on any atom is 0.293 e. The highest BCUT2D eigenvalue weighted by atomic mass is 32.2. The molecule has 12 heteroatoms. The van der Waals surface area contributed by atoms with Crippen molar-refractivity contribution in [2.45, 2.75) is 125 Å².